The monoisotopic (exact) mass is 437 g/mol. The Morgan fingerprint density at radius 1 is 0.939 bits per heavy atom. The summed E-state index contributed by atoms with van der Waals surface area (Å²) in [6, 6.07) is 20.3. The Kier molecular flexibility index (Phi) is 5.84. The molecule has 0 saturated carbocycles. The fourth-order valence-electron chi connectivity index (χ4n) is 4.52. The van der Waals surface area contributed by atoms with Crippen molar-refractivity contribution >= 4 is 22.6 Å². The minimum atomic E-state index is 0.118. The van der Waals surface area contributed by atoms with Gasteiger partial charge in [0.15, 0.2) is 0 Å². The highest BCUT2D eigenvalue weighted by atomic mass is 16.2. The lowest BCUT2D eigenvalue weighted by Gasteiger charge is -2.30. The molecule has 0 N–H and O–H groups in total. The molecule has 2 aromatic carbocycles. The van der Waals surface area contributed by atoms with Gasteiger partial charge in [0.1, 0.15) is 11.6 Å². The average Bonchev–Trinajstić information content (AvgIpc) is 2.82. The van der Waals surface area contributed by atoms with Crippen LogP contribution in [0, 0.1) is 6.92 Å². The zero-order valence-electron chi connectivity index (χ0n) is 19.0. The summed E-state index contributed by atoms with van der Waals surface area (Å²) < 4.78 is 0. The van der Waals surface area contributed by atoms with Gasteiger partial charge in [0.05, 0.1) is 18.6 Å². The third kappa shape index (κ3) is 4.47. The summed E-state index contributed by atoms with van der Waals surface area (Å²) in [5, 5.41) is 1.16. The maximum absolute atomic E-state index is 12.8. The number of nitrogens with zero attached hydrogens (tertiary/aromatic N) is 5. The minimum Gasteiger partial charge on any atom is -0.295 e. The van der Waals surface area contributed by atoms with Crippen molar-refractivity contribution in [3.63, 3.8) is 0 Å². The number of carbonyl (C=O) groups excluding carboxylic acids is 1. The van der Waals surface area contributed by atoms with Crippen LogP contribution in [0.3, 0.4) is 0 Å². The molecule has 1 amide bonds. The topological polar surface area (TPSA) is 62.2 Å². The van der Waals surface area contributed by atoms with Crippen LogP contribution >= 0.6 is 0 Å². The molecular weight excluding hydrogens is 410 g/mol. The van der Waals surface area contributed by atoms with Crippen molar-refractivity contribution in [2.45, 2.75) is 39.4 Å². The summed E-state index contributed by atoms with van der Waals surface area (Å²) in [5.74, 6) is 1.62. The Balaban J connectivity index is 1.40. The number of rotatable bonds is 6. The molecule has 1 aliphatic rings. The number of aryl methyl sites for hydroxylation is 1. The molecule has 0 bridgehead atoms. The van der Waals surface area contributed by atoms with Gasteiger partial charge in [-0.2, -0.15) is 0 Å². The first-order chi connectivity index (χ1) is 16.1. The van der Waals surface area contributed by atoms with Gasteiger partial charge in [-0.05, 0) is 43.7 Å². The zero-order valence-corrected chi connectivity index (χ0v) is 19.0. The van der Waals surface area contributed by atoms with Crippen LogP contribution in [0.15, 0.2) is 66.9 Å². The molecule has 0 atom stereocenters. The molecule has 0 radical (unpaired) electrons. The van der Waals surface area contributed by atoms with Crippen LogP contribution in [0.25, 0.3) is 10.9 Å². The third-order valence-corrected chi connectivity index (χ3v) is 6.16. The molecule has 4 aromatic rings. The van der Waals surface area contributed by atoms with Crippen LogP contribution in [-0.4, -0.2) is 32.8 Å². The van der Waals surface area contributed by atoms with E-state index < -0.39 is 0 Å². The van der Waals surface area contributed by atoms with Gasteiger partial charge >= 0.3 is 0 Å². The van der Waals surface area contributed by atoms with Gasteiger partial charge < -0.3 is 0 Å². The van der Waals surface area contributed by atoms with Gasteiger partial charge in [-0.1, -0.05) is 48.5 Å². The van der Waals surface area contributed by atoms with Crippen LogP contribution in [-0.2, 0) is 30.8 Å². The molecule has 166 valence electrons. The molecule has 3 heterocycles. The number of anilines is 1. The van der Waals surface area contributed by atoms with E-state index in [0.29, 0.717) is 25.9 Å². The largest absolute Gasteiger partial charge is 0.295 e. The SMILES string of the molecule is Cc1nc(CN(C)Cc2ccnc3ccccc23)nc2c1CCC(=O)N2Cc1ccccc1. The van der Waals surface area contributed by atoms with Gasteiger partial charge in [0.2, 0.25) is 5.91 Å². The van der Waals surface area contributed by atoms with E-state index in [4.69, 9.17) is 9.97 Å². The first kappa shape index (κ1) is 21.2. The van der Waals surface area contributed by atoms with Crippen molar-refractivity contribution in [3.8, 4) is 0 Å². The van der Waals surface area contributed by atoms with Crippen LogP contribution in [0.2, 0.25) is 0 Å². The predicted molar refractivity (Wildman–Crippen MR) is 130 cm³/mol. The molecule has 33 heavy (non-hydrogen) atoms. The second kappa shape index (κ2) is 9.08. The van der Waals surface area contributed by atoms with E-state index in [-0.39, 0.29) is 5.91 Å². The van der Waals surface area contributed by atoms with E-state index in [0.717, 1.165) is 45.9 Å². The van der Waals surface area contributed by atoms with Crippen LogP contribution in [0.4, 0.5) is 5.82 Å². The molecule has 2 aromatic heterocycles. The lowest BCUT2D eigenvalue weighted by atomic mass is 10.0. The molecule has 0 spiro atoms. The second-order valence-corrected chi connectivity index (χ2v) is 8.65. The summed E-state index contributed by atoms with van der Waals surface area (Å²) >= 11 is 0. The van der Waals surface area contributed by atoms with Gasteiger partial charge in [-0.25, -0.2) is 9.97 Å². The van der Waals surface area contributed by atoms with E-state index in [1.807, 2.05) is 66.6 Å². The Hall–Kier alpha value is -3.64. The summed E-state index contributed by atoms with van der Waals surface area (Å²) in [7, 11) is 2.07. The number of carbonyl (C=O) groups is 1. The smallest absolute Gasteiger partial charge is 0.228 e. The number of benzene rings is 2. The Labute approximate surface area is 193 Å². The zero-order chi connectivity index (χ0) is 22.8. The summed E-state index contributed by atoms with van der Waals surface area (Å²) in [4.78, 5) is 31.0. The average molecular weight is 438 g/mol. The first-order valence-corrected chi connectivity index (χ1v) is 11.3. The van der Waals surface area contributed by atoms with Crippen molar-refractivity contribution in [2.24, 2.45) is 0 Å². The second-order valence-electron chi connectivity index (χ2n) is 8.65. The Morgan fingerprint density at radius 2 is 1.73 bits per heavy atom. The lowest BCUT2D eigenvalue weighted by Crippen LogP contribution is -2.36. The summed E-state index contributed by atoms with van der Waals surface area (Å²) in [6.45, 7) is 3.91. The standard InChI is InChI=1S/C27H27N5O/c1-19-22-12-13-26(33)32(16-20-8-4-3-5-9-20)27(22)30-25(29-19)18-31(2)17-21-14-15-28-24-11-7-6-10-23(21)24/h3-11,14-15H,12-13,16-18H2,1-2H3. The highest BCUT2D eigenvalue weighted by Crippen LogP contribution is 2.29. The van der Waals surface area contributed by atoms with Gasteiger partial charge in [0.25, 0.3) is 0 Å². The van der Waals surface area contributed by atoms with E-state index in [1.165, 1.54) is 5.56 Å². The van der Waals surface area contributed by atoms with Crippen molar-refractivity contribution in [1.82, 2.24) is 19.9 Å². The van der Waals surface area contributed by atoms with Gasteiger partial charge in [0, 0.05) is 35.8 Å². The van der Waals surface area contributed by atoms with Crippen molar-refractivity contribution in [2.75, 3.05) is 11.9 Å². The lowest BCUT2D eigenvalue weighted by molar-refractivity contribution is -0.119. The summed E-state index contributed by atoms with van der Waals surface area (Å²) in [5.41, 5.74) is 5.36. The van der Waals surface area contributed by atoms with Crippen LogP contribution in [0.1, 0.15) is 34.6 Å². The number of hydrogen-bond donors (Lipinski definition) is 0. The number of para-hydroxylation sites is 1. The molecule has 6 nitrogen and oxygen atoms in total. The number of hydrogen-bond acceptors (Lipinski definition) is 5. The third-order valence-electron chi connectivity index (χ3n) is 6.16. The molecule has 1 aliphatic heterocycles. The summed E-state index contributed by atoms with van der Waals surface area (Å²) in [6.07, 6.45) is 3.06. The van der Waals surface area contributed by atoms with E-state index >= 15 is 0 Å². The van der Waals surface area contributed by atoms with Crippen molar-refractivity contribution < 1.29 is 4.79 Å². The number of pyridine rings is 1. The van der Waals surface area contributed by atoms with Crippen molar-refractivity contribution in [3.05, 3.63) is 95.1 Å². The quantitative estimate of drug-likeness (QED) is 0.446. The van der Waals surface area contributed by atoms with Gasteiger partial charge in [-0.3, -0.25) is 19.6 Å². The fourth-order valence-corrected chi connectivity index (χ4v) is 4.52. The molecule has 0 fully saturated rings. The van der Waals surface area contributed by atoms with E-state index in [2.05, 4.69) is 29.1 Å². The van der Waals surface area contributed by atoms with E-state index in [9.17, 15) is 4.79 Å². The Bertz CT molecular complexity index is 1300. The maximum atomic E-state index is 12.8. The number of amides is 1. The van der Waals surface area contributed by atoms with Crippen molar-refractivity contribution in [1.29, 1.82) is 0 Å². The molecular formula is C27H27N5O. The molecule has 5 rings (SSSR count). The molecule has 0 unspecified atom stereocenters. The Morgan fingerprint density at radius 3 is 2.58 bits per heavy atom. The van der Waals surface area contributed by atoms with E-state index in [1.54, 1.807) is 0 Å². The predicted octanol–water partition coefficient (Wildman–Crippen LogP) is 4.44. The normalized spacial score (nSPS) is 13.5. The van der Waals surface area contributed by atoms with Gasteiger partial charge in [-0.15, -0.1) is 0 Å². The van der Waals surface area contributed by atoms with Crippen LogP contribution < -0.4 is 4.90 Å². The van der Waals surface area contributed by atoms with Crippen LogP contribution in [0.5, 0.6) is 0 Å². The minimum absolute atomic E-state index is 0.118. The fraction of sp³-hybridized carbons (Fsp3) is 0.259. The first-order valence-electron chi connectivity index (χ1n) is 11.3. The maximum Gasteiger partial charge on any atom is 0.228 e. The highest BCUT2D eigenvalue weighted by molar-refractivity contribution is 5.95. The number of aromatic nitrogens is 3. The molecule has 6 heteroatoms. The molecule has 0 saturated heterocycles. The highest BCUT2D eigenvalue weighted by Gasteiger charge is 2.28. The number of fused-ring (bicyclic) bond motifs is 2. The molecule has 0 aliphatic carbocycles.